The first kappa shape index (κ1) is 20.7. The zero-order valence-corrected chi connectivity index (χ0v) is 18.1. The average Bonchev–Trinajstić information content (AvgIpc) is 3.42. The molecule has 4 aromatic rings. The summed E-state index contributed by atoms with van der Waals surface area (Å²) in [5, 5.41) is 2.98. The van der Waals surface area contributed by atoms with Crippen LogP contribution in [0.1, 0.15) is 46.9 Å². The van der Waals surface area contributed by atoms with Gasteiger partial charge in [-0.15, -0.1) is 0 Å². The quantitative estimate of drug-likeness (QED) is 0.400. The largest absolute Gasteiger partial charge is 0.493 e. The van der Waals surface area contributed by atoms with E-state index in [1.165, 1.54) is 17.4 Å². The molecule has 6 heteroatoms. The summed E-state index contributed by atoms with van der Waals surface area (Å²) in [6, 6.07) is 17.2. The van der Waals surface area contributed by atoms with E-state index >= 15 is 0 Å². The third-order valence-corrected chi connectivity index (χ3v) is 5.50. The summed E-state index contributed by atoms with van der Waals surface area (Å²) in [4.78, 5) is 17.2. The average molecular weight is 418 g/mol. The van der Waals surface area contributed by atoms with Crippen LogP contribution in [0, 0.1) is 13.8 Å². The van der Waals surface area contributed by atoms with Crippen LogP contribution in [0.5, 0.6) is 5.75 Å². The predicted molar refractivity (Wildman–Crippen MR) is 120 cm³/mol. The highest BCUT2D eigenvalue weighted by Gasteiger charge is 2.20. The van der Waals surface area contributed by atoms with Gasteiger partial charge in [0.25, 0.3) is 5.91 Å². The molecule has 0 fully saturated rings. The van der Waals surface area contributed by atoms with Gasteiger partial charge in [0.05, 0.1) is 29.9 Å². The third kappa shape index (κ3) is 4.48. The maximum Gasteiger partial charge on any atom is 0.287 e. The van der Waals surface area contributed by atoms with Crippen LogP contribution in [0.25, 0.3) is 11.0 Å². The van der Waals surface area contributed by atoms with E-state index in [4.69, 9.17) is 14.1 Å². The first-order valence-electron chi connectivity index (χ1n) is 10.5. The van der Waals surface area contributed by atoms with E-state index in [1.54, 1.807) is 12.1 Å². The van der Waals surface area contributed by atoms with Crippen LogP contribution in [0.3, 0.4) is 0 Å². The molecule has 0 saturated carbocycles. The van der Waals surface area contributed by atoms with Crippen molar-refractivity contribution in [2.45, 2.75) is 39.8 Å². The molecule has 0 spiro atoms. The second-order valence-electron chi connectivity index (χ2n) is 7.68. The summed E-state index contributed by atoms with van der Waals surface area (Å²) in [5.41, 5.74) is 4.35. The van der Waals surface area contributed by atoms with Crippen molar-refractivity contribution in [1.29, 1.82) is 0 Å². The standard InChI is InChI=1S/C25H27N3O3/c1-17-9-6-12-22(18(17)2)30-16-8-14-28-21-11-5-4-10-20(21)27-24(28)19(3)26-25(29)23-13-7-15-31-23/h4-7,9-13,15,19H,8,14,16H2,1-3H3,(H,26,29)/t19-/m1/s1. The molecular weight excluding hydrogens is 390 g/mol. The van der Waals surface area contributed by atoms with E-state index in [1.807, 2.05) is 37.3 Å². The first-order chi connectivity index (χ1) is 15.0. The lowest BCUT2D eigenvalue weighted by molar-refractivity contribution is 0.0909. The van der Waals surface area contributed by atoms with Crippen LogP contribution in [0.15, 0.2) is 65.3 Å². The molecule has 0 aliphatic heterocycles. The molecule has 1 atom stereocenters. The summed E-state index contributed by atoms with van der Waals surface area (Å²) < 4.78 is 13.4. The fourth-order valence-electron chi connectivity index (χ4n) is 3.69. The van der Waals surface area contributed by atoms with Crippen LogP contribution in [0.4, 0.5) is 0 Å². The molecule has 0 unspecified atom stereocenters. The summed E-state index contributed by atoms with van der Waals surface area (Å²) in [7, 11) is 0. The molecule has 2 aromatic heterocycles. The van der Waals surface area contributed by atoms with Gasteiger partial charge in [0, 0.05) is 6.54 Å². The Kier molecular flexibility index (Phi) is 6.07. The van der Waals surface area contributed by atoms with Crippen LogP contribution >= 0.6 is 0 Å². The molecular formula is C25H27N3O3. The molecule has 0 aliphatic carbocycles. The number of para-hydroxylation sites is 2. The molecule has 160 valence electrons. The molecule has 2 heterocycles. The van der Waals surface area contributed by atoms with E-state index in [9.17, 15) is 4.79 Å². The van der Waals surface area contributed by atoms with E-state index in [0.29, 0.717) is 6.61 Å². The normalized spacial score (nSPS) is 12.1. The lowest BCUT2D eigenvalue weighted by Gasteiger charge is -2.16. The van der Waals surface area contributed by atoms with E-state index in [0.717, 1.165) is 35.6 Å². The molecule has 0 bridgehead atoms. The number of aryl methyl sites for hydroxylation is 2. The number of rotatable bonds is 8. The Bertz CT molecular complexity index is 1180. The highest BCUT2D eigenvalue weighted by atomic mass is 16.5. The molecule has 6 nitrogen and oxygen atoms in total. The Morgan fingerprint density at radius 1 is 1.13 bits per heavy atom. The lowest BCUT2D eigenvalue weighted by atomic mass is 10.1. The number of hydrogen-bond acceptors (Lipinski definition) is 4. The minimum absolute atomic E-state index is 0.255. The van der Waals surface area contributed by atoms with Gasteiger partial charge in [-0.3, -0.25) is 4.79 Å². The molecule has 4 rings (SSSR count). The molecule has 0 radical (unpaired) electrons. The smallest absolute Gasteiger partial charge is 0.287 e. The molecule has 2 aromatic carbocycles. The van der Waals surface area contributed by atoms with Gasteiger partial charge in [-0.05, 0) is 68.7 Å². The molecule has 0 aliphatic rings. The number of furan rings is 1. The number of fused-ring (bicyclic) bond motifs is 1. The monoisotopic (exact) mass is 417 g/mol. The number of carbonyl (C=O) groups excluding carboxylic acids is 1. The molecule has 31 heavy (non-hydrogen) atoms. The molecule has 1 N–H and O–H groups in total. The maximum atomic E-state index is 12.4. The number of aromatic nitrogens is 2. The number of imidazole rings is 1. The van der Waals surface area contributed by atoms with Crippen molar-refractivity contribution in [2.75, 3.05) is 6.61 Å². The maximum absolute atomic E-state index is 12.4. The van der Waals surface area contributed by atoms with Crippen molar-refractivity contribution >= 4 is 16.9 Å². The van der Waals surface area contributed by atoms with Gasteiger partial charge in [0.1, 0.15) is 11.6 Å². The lowest BCUT2D eigenvalue weighted by Crippen LogP contribution is -2.28. The fourth-order valence-corrected chi connectivity index (χ4v) is 3.69. The topological polar surface area (TPSA) is 69.3 Å². The van der Waals surface area contributed by atoms with E-state index in [2.05, 4.69) is 35.9 Å². The fraction of sp³-hybridized carbons (Fsp3) is 0.280. The Labute approximate surface area is 181 Å². The number of carbonyl (C=O) groups is 1. The van der Waals surface area contributed by atoms with Crippen LogP contribution in [0.2, 0.25) is 0 Å². The van der Waals surface area contributed by atoms with E-state index < -0.39 is 0 Å². The SMILES string of the molecule is Cc1cccc(OCCCn2c([C@@H](C)NC(=O)c3ccco3)nc3ccccc32)c1C. The summed E-state index contributed by atoms with van der Waals surface area (Å²) in [5.74, 6) is 1.77. The minimum atomic E-state index is -0.273. The Hall–Kier alpha value is -3.54. The van der Waals surface area contributed by atoms with Crippen molar-refractivity contribution in [1.82, 2.24) is 14.9 Å². The zero-order chi connectivity index (χ0) is 21.8. The number of hydrogen-bond donors (Lipinski definition) is 1. The van der Waals surface area contributed by atoms with Crippen molar-refractivity contribution in [3.63, 3.8) is 0 Å². The van der Waals surface area contributed by atoms with Gasteiger partial charge in [-0.2, -0.15) is 0 Å². The second kappa shape index (κ2) is 9.08. The van der Waals surface area contributed by atoms with Crippen molar-refractivity contribution in [2.24, 2.45) is 0 Å². The number of amides is 1. The minimum Gasteiger partial charge on any atom is -0.493 e. The van der Waals surface area contributed by atoms with Gasteiger partial charge >= 0.3 is 0 Å². The predicted octanol–water partition coefficient (Wildman–Crippen LogP) is 5.21. The number of benzene rings is 2. The number of ether oxygens (including phenoxy) is 1. The molecule has 1 amide bonds. The van der Waals surface area contributed by atoms with Crippen molar-refractivity contribution < 1.29 is 13.9 Å². The van der Waals surface area contributed by atoms with Crippen LogP contribution in [-0.4, -0.2) is 22.1 Å². The van der Waals surface area contributed by atoms with Crippen molar-refractivity contribution in [3.05, 3.63) is 83.6 Å². The summed E-state index contributed by atoms with van der Waals surface area (Å²) >= 11 is 0. The summed E-state index contributed by atoms with van der Waals surface area (Å²) in [6.45, 7) is 7.44. The van der Waals surface area contributed by atoms with Crippen molar-refractivity contribution in [3.8, 4) is 5.75 Å². The van der Waals surface area contributed by atoms with Gasteiger partial charge in [0.15, 0.2) is 5.76 Å². The van der Waals surface area contributed by atoms with Gasteiger partial charge in [-0.25, -0.2) is 4.98 Å². The second-order valence-corrected chi connectivity index (χ2v) is 7.68. The van der Waals surface area contributed by atoms with Crippen LogP contribution in [-0.2, 0) is 6.54 Å². The zero-order valence-electron chi connectivity index (χ0n) is 18.1. The first-order valence-corrected chi connectivity index (χ1v) is 10.5. The summed E-state index contributed by atoms with van der Waals surface area (Å²) in [6.07, 6.45) is 2.31. The van der Waals surface area contributed by atoms with Gasteiger partial charge < -0.3 is 19.0 Å². The number of nitrogens with one attached hydrogen (secondary N) is 1. The van der Waals surface area contributed by atoms with Gasteiger partial charge in [-0.1, -0.05) is 24.3 Å². The van der Waals surface area contributed by atoms with Gasteiger partial charge in [0.2, 0.25) is 0 Å². The highest BCUT2D eigenvalue weighted by molar-refractivity contribution is 5.91. The highest BCUT2D eigenvalue weighted by Crippen LogP contribution is 2.23. The van der Waals surface area contributed by atoms with E-state index in [-0.39, 0.29) is 17.7 Å². The Morgan fingerprint density at radius 3 is 2.77 bits per heavy atom. The third-order valence-electron chi connectivity index (χ3n) is 5.50. The Balaban J connectivity index is 1.48. The van der Waals surface area contributed by atoms with Crippen LogP contribution < -0.4 is 10.1 Å². The number of nitrogens with zero attached hydrogens (tertiary/aromatic N) is 2. The Morgan fingerprint density at radius 2 is 1.97 bits per heavy atom. The molecule has 0 saturated heterocycles.